The number of alkyl halides is 1. The van der Waals surface area contributed by atoms with Crippen LogP contribution in [0.5, 0.6) is 0 Å². The molecule has 2 rings (SSSR count). The molecule has 1 fully saturated rings. The minimum Gasteiger partial charge on any atom is -0.325 e. The predicted molar refractivity (Wildman–Crippen MR) is 77.8 cm³/mol. The minimum atomic E-state index is -0.246. The minimum absolute atomic E-state index is 0.131. The van der Waals surface area contributed by atoms with Crippen LogP contribution in [0.1, 0.15) is 25.3 Å². The van der Waals surface area contributed by atoms with Gasteiger partial charge in [0.05, 0.1) is 4.75 Å². The first kappa shape index (κ1) is 13.0. The molecule has 1 atom stereocenters. The van der Waals surface area contributed by atoms with Crippen LogP contribution in [0.25, 0.3) is 0 Å². The number of thioether (sulfide) groups is 1. The Morgan fingerprint density at radius 3 is 3.06 bits per heavy atom. The average molecular weight is 314 g/mol. The second-order valence-electron chi connectivity index (χ2n) is 4.47. The number of amides is 1. The van der Waals surface area contributed by atoms with Gasteiger partial charge in [0.2, 0.25) is 5.91 Å². The molecule has 4 heteroatoms. The number of rotatable bonds is 3. The van der Waals surface area contributed by atoms with Gasteiger partial charge in [-0.1, -0.05) is 28.1 Å². The van der Waals surface area contributed by atoms with Gasteiger partial charge < -0.3 is 5.32 Å². The van der Waals surface area contributed by atoms with Crippen molar-refractivity contribution in [2.75, 3.05) is 11.1 Å². The summed E-state index contributed by atoms with van der Waals surface area (Å²) in [7, 11) is 0. The van der Waals surface area contributed by atoms with Crippen molar-refractivity contribution in [1.82, 2.24) is 0 Å². The van der Waals surface area contributed by atoms with E-state index in [2.05, 4.69) is 21.2 Å². The van der Waals surface area contributed by atoms with Crippen molar-refractivity contribution in [3.63, 3.8) is 0 Å². The first-order valence-corrected chi connectivity index (χ1v) is 7.85. The van der Waals surface area contributed by atoms with Gasteiger partial charge in [-0.05, 0) is 43.2 Å². The van der Waals surface area contributed by atoms with E-state index in [1.54, 1.807) is 11.8 Å². The van der Waals surface area contributed by atoms with E-state index in [1.807, 2.05) is 31.2 Å². The highest BCUT2D eigenvalue weighted by Crippen LogP contribution is 2.38. The van der Waals surface area contributed by atoms with E-state index in [0.29, 0.717) is 0 Å². The fourth-order valence-electron chi connectivity index (χ4n) is 1.95. The van der Waals surface area contributed by atoms with E-state index < -0.39 is 0 Å². The van der Waals surface area contributed by atoms with Crippen LogP contribution in [0.3, 0.4) is 0 Å². The van der Waals surface area contributed by atoms with Crippen molar-refractivity contribution in [3.8, 4) is 0 Å². The Labute approximate surface area is 115 Å². The van der Waals surface area contributed by atoms with Crippen LogP contribution in [0.15, 0.2) is 24.3 Å². The van der Waals surface area contributed by atoms with Crippen molar-refractivity contribution in [3.05, 3.63) is 29.8 Å². The molecule has 0 aromatic heterocycles. The van der Waals surface area contributed by atoms with E-state index >= 15 is 0 Å². The van der Waals surface area contributed by atoms with Crippen LogP contribution < -0.4 is 5.32 Å². The Morgan fingerprint density at radius 1 is 1.59 bits per heavy atom. The number of carbonyl (C=O) groups is 1. The average Bonchev–Trinajstić information content (AvgIpc) is 2.78. The highest BCUT2D eigenvalue weighted by molar-refractivity contribution is 9.08. The van der Waals surface area contributed by atoms with Crippen molar-refractivity contribution in [2.45, 2.75) is 29.8 Å². The second kappa shape index (κ2) is 5.44. The molecule has 17 heavy (non-hydrogen) atoms. The maximum absolute atomic E-state index is 12.2. The molecule has 1 unspecified atom stereocenters. The monoisotopic (exact) mass is 313 g/mol. The zero-order valence-corrected chi connectivity index (χ0v) is 12.2. The maximum Gasteiger partial charge on any atom is 0.240 e. The highest BCUT2D eigenvalue weighted by atomic mass is 79.9. The van der Waals surface area contributed by atoms with Crippen LogP contribution >= 0.6 is 27.7 Å². The molecule has 1 aliphatic heterocycles. The summed E-state index contributed by atoms with van der Waals surface area (Å²) >= 11 is 5.18. The molecule has 1 heterocycles. The molecule has 1 aromatic rings. The van der Waals surface area contributed by atoms with Crippen molar-refractivity contribution >= 4 is 39.3 Å². The highest BCUT2D eigenvalue weighted by Gasteiger charge is 2.37. The van der Waals surface area contributed by atoms with Crippen LogP contribution in [0.2, 0.25) is 0 Å². The Kier molecular flexibility index (Phi) is 4.15. The maximum atomic E-state index is 12.2. The lowest BCUT2D eigenvalue weighted by molar-refractivity contribution is -0.118. The molecule has 0 spiro atoms. The normalized spacial score (nSPS) is 23.6. The smallest absolute Gasteiger partial charge is 0.240 e. The summed E-state index contributed by atoms with van der Waals surface area (Å²) in [5.74, 6) is 1.22. The third-order valence-corrected chi connectivity index (χ3v) is 5.21. The van der Waals surface area contributed by atoms with Crippen LogP contribution in [-0.4, -0.2) is 16.4 Å². The van der Waals surface area contributed by atoms with E-state index in [0.717, 1.165) is 29.6 Å². The van der Waals surface area contributed by atoms with Gasteiger partial charge in [0, 0.05) is 11.0 Å². The molecule has 1 N–H and O–H groups in total. The summed E-state index contributed by atoms with van der Waals surface area (Å²) < 4.78 is -0.246. The number of halogens is 1. The Morgan fingerprint density at radius 2 is 2.41 bits per heavy atom. The van der Waals surface area contributed by atoms with Gasteiger partial charge in [-0.25, -0.2) is 0 Å². The fraction of sp³-hybridized carbons (Fsp3) is 0.462. The number of anilines is 1. The zero-order valence-electron chi connectivity index (χ0n) is 9.83. The first-order valence-electron chi connectivity index (χ1n) is 5.74. The second-order valence-corrected chi connectivity index (χ2v) is 6.63. The molecule has 0 aliphatic carbocycles. The summed E-state index contributed by atoms with van der Waals surface area (Å²) in [5, 5.41) is 3.83. The third-order valence-electron chi connectivity index (χ3n) is 3.04. The Bertz CT molecular complexity index is 416. The molecule has 1 saturated heterocycles. The van der Waals surface area contributed by atoms with Crippen LogP contribution in [-0.2, 0) is 10.1 Å². The van der Waals surface area contributed by atoms with Crippen molar-refractivity contribution in [1.29, 1.82) is 0 Å². The quantitative estimate of drug-likeness (QED) is 0.860. The third kappa shape index (κ3) is 3.05. The van der Waals surface area contributed by atoms with Crippen LogP contribution in [0.4, 0.5) is 5.69 Å². The number of hydrogen-bond donors (Lipinski definition) is 1. The molecule has 1 aliphatic rings. The molecule has 2 nitrogen and oxygen atoms in total. The lowest BCUT2D eigenvalue weighted by atomic mass is 10.0. The topological polar surface area (TPSA) is 29.1 Å². The molecule has 0 bridgehead atoms. The largest absolute Gasteiger partial charge is 0.325 e. The molecular formula is C13H16BrNOS. The van der Waals surface area contributed by atoms with E-state index in [-0.39, 0.29) is 10.7 Å². The van der Waals surface area contributed by atoms with Gasteiger partial charge in [0.1, 0.15) is 0 Å². The SMILES string of the molecule is CC1(C(=O)Nc2cccc(CBr)c2)CCCS1. The summed E-state index contributed by atoms with van der Waals surface area (Å²) in [4.78, 5) is 12.2. The van der Waals surface area contributed by atoms with Gasteiger partial charge in [0.15, 0.2) is 0 Å². The summed E-state index contributed by atoms with van der Waals surface area (Å²) in [6.45, 7) is 2.04. The molecule has 0 saturated carbocycles. The summed E-state index contributed by atoms with van der Waals surface area (Å²) in [5.41, 5.74) is 2.06. The van der Waals surface area contributed by atoms with E-state index in [9.17, 15) is 4.79 Å². The van der Waals surface area contributed by atoms with Gasteiger partial charge in [-0.3, -0.25) is 4.79 Å². The zero-order chi connectivity index (χ0) is 12.3. The molecule has 92 valence electrons. The Balaban J connectivity index is 2.07. The van der Waals surface area contributed by atoms with Crippen LogP contribution in [0, 0.1) is 0 Å². The lowest BCUT2D eigenvalue weighted by Gasteiger charge is -2.21. The van der Waals surface area contributed by atoms with Crippen molar-refractivity contribution in [2.24, 2.45) is 0 Å². The van der Waals surface area contributed by atoms with Gasteiger partial charge in [0.25, 0.3) is 0 Å². The number of nitrogens with one attached hydrogen (secondary N) is 1. The molecule has 0 radical (unpaired) electrons. The molecular weight excluding hydrogens is 298 g/mol. The standard InChI is InChI=1S/C13H16BrNOS/c1-13(6-3-7-17-13)12(16)15-11-5-2-4-10(8-11)9-14/h2,4-5,8H,3,6-7,9H2,1H3,(H,15,16). The van der Waals surface area contributed by atoms with Gasteiger partial charge in [-0.2, -0.15) is 0 Å². The predicted octanol–water partition coefficient (Wildman–Crippen LogP) is 3.81. The summed E-state index contributed by atoms with van der Waals surface area (Å²) in [6.07, 6.45) is 2.11. The number of benzene rings is 1. The number of carbonyl (C=O) groups excluding carboxylic acids is 1. The van der Waals surface area contributed by atoms with Crippen molar-refractivity contribution < 1.29 is 4.79 Å². The molecule has 1 amide bonds. The number of hydrogen-bond acceptors (Lipinski definition) is 2. The van der Waals surface area contributed by atoms with E-state index in [4.69, 9.17) is 0 Å². The van der Waals surface area contributed by atoms with Gasteiger partial charge in [-0.15, -0.1) is 11.8 Å². The fourth-order valence-corrected chi connectivity index (χ4v) is 3.51. The summed E-state index contributed by atoms with van der Waals surface area (Å²) in [6, 6.07) is 7.95. The van der Waals surface area contributed by atoms with Gasteiger partial charge >= 0.3 is 0 Å². The lowest BCUT2D eigenvalue weighted by Crippen LogP contribution is -2.34. The molecule has 1 aromatic carbocycles. The van der Waals surface area contributed by atoms with E-state index in [1.165, 1.54) is 5.56 Å². The first-order chi connectivity index (χ1) is 8.14. The Hall–Kier alpha value is -0.480.